The first-order valence-corrected chi connectivity index (χ1v) is 8.56. The van der Waals surface area contributed by atoms with Gasteiger partial charge in [-0.3, -0.25) is 4.79 Å². The molecular weight excluding hydrogens is 266 g/mol. The van der Waals surface area contributed by atoms with Crippen molar-refractivity contribution in [1.82, 2.24) is 14.5 Å². The minimum atomic E-state index is -3.30. The first kappa shape index (κ1) is 16.4. The van der Waals surface area contributed by atoms with Crippen LogP contribution in [0.1, 0.15) is 25.7 Å². The van der Waals surface area contributed by atoms with Gasteiger partial charge in [0.1, 0.15) is 6.04 Å². The zero-order valence-corrected chi connectivity index (χ0v) is 12.9. The van der Waals surface area contributed by atoms with Crippen molar-refractivity contribution in [2.24, 2.45) is 0 Å². The van der Waals surface area contributed by atoms with Crippen molar-refractivity contribution < 1.29 is 13.2 Å². The van der Waals surface area contributed by atoms with Gasteiger partial charge in [-0.2, -0.15) is 4.31 Å². The third kappa shape index (κ3) is 5.46. The van der Waals surface area contributed by atoms with Crippen molar-refractivity contribution in [1.29, 1.82) is 0 Å². The van der Waals surface area contributed by atoms with Crippen LogP contribution in [0.4, 0.5) is 0 Å². The van der Waals surface area contributed by atoms with Crippen molar-refractivity contribution in [3.63, 3.8) is 0 Å². The number of hydrogen-bond donors (Lipinski definition) is 1. The molecule has 1 aliphatic heterocycles. The van der Waals surface area contributed by atoms with E-state index in [0.717, 1.165) is 25.8 Å². The number of carbonyl (C=O) groups is 1. The standard InChI is InChI=1S/C12H25N3O3S/c1-14(2)9-6-8-13-12(16)11-7-4-5-10-15(11)19(3,17)18/h11H,4-10H2,1-3H3,(H,13,16). The Morgan fingerprint density at radius 2 is 2.05 bits per heavy atom. The van der Waals surface area contributed by atoms with Crippen LogP contribution in [-0.2, 0) is 14.8 Å². The van der Waals surface area contributed by atoms with Crippen LogP contribution in [0.25, 0.3) is 0 Å². The Morgan fingerprint density at radius 3 is 2.63 bits per heavy atom. The van der Waals surface area contributed by atoms with E-state index in [4.69, 9.17) is 0 Å². The number of carbonyl (C=O) groups excluding carboxylic acids is 1. The molecule has 0 radical (unpaired) electrons. The smallest absolute Gasteiger partial charge is 0.238 e. The molecule has 1 fully saturated rings. The molecule has 0 aromatic carbocycles. The Bertz CT molecular complexity index is 395. The SMILES string of the molecule is CN(C)CCCNC(=O)C1CCCCN1S(C)(=O)=O. The van der Waals surface area contributed by atoms with Crippen LogP contribution in [0.15, 0.2) is 0 Å². The summed E-state index contributed by atoms with van der Waals surface area (Å²) in [5, 5.41) is 2.84. The van der Waals surface area contributed by atoms with Gasteiger partial charge in [0.05, 0.1) is 6.26 Å². The second kappa shape index (κ2) is 7.21. The minimum absolute atomic E-state index is 0.163. The van der Waals surface area contributed by atoms with Crippen molar-refractivity contribution in [2.75, 3.05) is 40.0 Å². The highest BCUT2D eigenvalue weighted by Gasteiger charge is 2.34. The van der Waals surface area contributed by atoms with E-state index in [-0.39, 0.29) is 5.91 Å². The van der Waals surface area contributed by atoms with Crippen LogP contribution in [-0.4, -0.2) is 69.6 Å². The summed E-state index contributed by atoms with van der Waals surface area (Å²) < 4.78 is 24.7. The molecule has 112 valence electrons. The van der Waals surface area contributed by atoms with E-state index in [1.165, 1.54) is 10.6 Å². The van der Waals surface area contributed by atoms with Crippen molar-refractivity contribution in [2.45, 2.75) is 31.7 Å². The molecule has 0 spiro atoms. The summed E-state index contributed by atoms with van der Waals surface area (Å²) in [5.41, 5.74) is 0. The van der Waals surface area contributed by atoms with Gasteiger partial charge in [-0.15, -0.1) is 0 Å². The van der Waals surface area contributed by atoms with Crippen molar-refractivity contribution in [3.05, 3.63) is 0 Å². The monoisotopic (exact) mass is 291 g/mol. The van der Waals surface area contributed by atoms with Gasteiger partial charge in [-0.05, 0) is 39.9 Å². The maximum absolute atomic E-state index is 12.1. The highest BCUT2D eigenvalue weighted by molar-refractivity contribution is 7.88. The summed E-state index contributed by atoms with van der Waals surface area (Å²) >= 11 is 0. The van der Waals surface area contributed by atoms with E-state index < -0.39 is 16.1 Å². The lowest BCUT2D eigenvalue weighted by molar-refractivity contribution is -0.125. The van der Waals surface area contributed by atoms with Crippen LogP contribution >= 0.6 is 0 Å². The van der Waals surface area contributed by atoms with Gasteiger partial charge in [0.2, 0.25) is 15.9 Å². The minimum Gasteiger partial charge on any atom is -0.355 e. The zero-order chi connectivity index (χ0) is 14.5. The molecule has 0 bridgehead atoms. The first-order chi connectivity index (χ1) is 8.82. The summed E-state index contributed by atoms with van der Waals surface area (Å²) in [6.45, 7) is 1.94. The number of amides is 1. The molecule has 7 heteroatoms. The van der Waals surface area contributed by atoms with Crippen LogP contribution in [0.5, 0.6) is 0 Å². The fourth-order valence-corrected chi connectivity index (χ4v) is 3.41. The van der Waals surface area contributed by atoms with E-state index >= 15 is 0 Å². The van der Waals surface area contributed by atoms with E-state index in [1.807, 2.05) is 14.1 Å². The van der Waals surface area contributed by atoms with Gasteiger partial charge in [-0.1, -0.05) is 6.42 Å². The fraction of sp³-hybridized carbons (Fsp3) is 0.917. The molecule has 1 rings (SSSR count). The van der Waals surface area contributed by atoms with Gasteiger partial charge in [0, 0.05) is 13.1 Å². The maximum atomic E-state index is 12.1. The van der Waals surface area contributed by atoms with Gasteiger partial charge in [0.15, 0.2) is 0 Å². The molecule has 1 unspecified atom stereocenters. The Morgan fingerprint density at radius 1 is 1.37 bits per heavy atom. The van der Waals surface area contributed by atoms with Gasteiger partial charge in [-0.25, -0.2) is 8.42 Å². The summed E-state index contributed by atoms with van der Waals surface area (Å²) in [5.74, 6) is -0.163. The topological polar surface area (TPSA) is 69.7 Å². The largest absolute Gasteiger partial charge is 0.355 e. The average molecular weight is 291 g/mol. The molecule has 1 N–H and O–H groups in total. The molecule has 0 aliphatic carbocycles. The molecule has 1 amide bonds. The van der Waals surface area contributed by atoms with E-state index in [2.05, 4.69) is 10.2 Å². The first-order valence-electron chi connectivity index (χ1n) is 6.71. The lowest BCUT2D eigenvalue weighted by atomic mass is 10.0. The lowest BCUT2D eigenvalue weighted by Crippen LogP contribution is -2.51. The highest BCUT2D eigenvalue weighted by atomic mass is 32.2. The lowest BCUT2D eigenvalue weighted by Gasteiger charge is -2.32. The Kier molecular flexibility index (Phi) is 6.22. The molecule has 0 aromatic rings. The number of sulfonamides is 1. The second-order valence-electron chi connectivity index (χ2n) is 5.33. The average Bonchev–Trinajstić information content (AvgIpc) is 2.33. The molecule has 6 nitrogen and oxygen atoms in total. The third-order valence-corrected chi connectivity index (χ3v) is 4.55. The van der Waals surface area contributed by atoms with Gasteiger partial charge >= 0.3 is 0 Å². The fourth-order valence-electron chi connectivity index (χ4n) is 2.29. The van der Waals surface area contributed by atoms with E-state index in [9.17, 15) is 13.2 Å². The molecule has 0 aromatic heterocycles. The second-order valence-corrected chi connectivity index (χ2v) is 7.27. The van der Waals surface area contributed by atoms with Gasteiger partial charge in [0.25, 0.3) is 0 Å². The Balaban J connectivity index is 2.49. The number of nitrogens with zero attached hydrogens (tertiary/aromatic N) is 2. The summed E-state index contributed by atoms with van der Waals surface area (Å²) in [7, 11) is 0.661. The third-order valence-electron chi connectivity index (χ3n) is 3.26. The predicted molar refractivity (Wildman–Crippen MR) is 75.4 cm³/mol. The number of nitrogens with one attached hydrogen (secondary N) is 1. The quantitative estimate of drug-likeness (QED) is 0.692. The van der Waals surface area contributed by atoms with Crippen LogP contribution < -0.4 is 5.32 Å². The molecule has 1 heterocycles. The van der Waals surface area contributed by atoms with Crippen LogP contribution in [0.2, 0.25) is 0 Å². The maximum Gasteiger partial charge on any atom is 0.238 e. The van der Waals surface area contributed by atoms with Crippen molar-refractivity contribution in [3.8, 4) is 0 Å². The molecular formula is C12H25N3O3S. The molecule has 1 atom stereocenters. The number of rotatable bonds is 6. The van der Waals surface area contributed by atoms with Crippen molar-refractivity contribution >= 4 is 15.9 Å². The molecule has 19 heavy (non-hydrogen) atoms. The molecule has 1 aliphatic rings. The molecule has 1 saturated heterocycles. The number of piperidine rings is 1. The summed E-state index contributed by atoms with van der Waals surface area (Å²) in [4.78, 5) is 14.1. The molecule has 0 saturated carbocycles. The number of hydrogen-bond acceptors (Lipinski definition) is 4. The normalized spacial score (nSPS) is 21.6. The van der Waals surface area contributed by atoms with Crippen LogP contribution in [0, 0.1) is 0 Å². The van der Waals surface area contributed by atoms with Gasteiger partial charge < -0.3 is 10.2 Å². The Labute approximate surface area is 116 Å². The van der Waals surface area contributed by atoms with E-state index in [0.29, 0.717) is 19.5 Å². The summed E-state index contributed by atoms with van der Waals surface area (Å²) in [6, 6.07) is -0.525. The zero-order valence-electron chi connectivity index (χ0n) is 12.1. The highest BCUT2D eigenvalue weighted by Crippen LogP contribution is 2.19. The van der Waals surface area contributed by atoms with Crippen LogP contribution in [0.3, 0.4) is 0 Å². The van der Waals surface area contributed by atoms with E-state index in [1.54, 1.807) is 0 Å². The Hall–Kier alpha value is -0.660. The summed E-state index contributed by atoms with van der Waals surface area (Å²) in [6.07, 6.45) is 4.39. The predicted octanol–water partition coefficient (Wildman–Crippen LogP) is -0.132.